The highest BCUT2D eigenvalue weighted by Gasteiger charge is 2.23. The van der Waals surface area contributed by atoms with Crippen LogP contribution in [0.1, 0.15) is 15.9 Å². The highest BCUT2D eigenvalue weighted by molar-refractivity contribution is 9.10. The second-order valence-corrected chi connectivity index (χ2v) is 9.64. The predicted octanol–water partition coefficient (Wildman–Crippen LogP) is 2.48. The standard InChI is InChI=1S/C20H21BrN2O5S/c21-16-5-3-4-15(12-16)13-29(26,27)14-19(24)22-18-7-2-1-6-17(18)20(25)23-8-10-28-11-9-23/h1-7,12H,8-11,13-14H2,(H,22,24). The Kier molecular flexibility index (Phi) is 7.05. The second-order valence-electron chi connectivity index (χ2n) is 6.66. The van der Waals surface area contributed by atoms with E-state index in [9.17, 15) is 18.0 Å². The van der Waals surface area contributed by atoms with Crippen molar-refractivity contribution in [2.24, 2.45) is 0 Å². The van der Waals surface area contributed by atoms with Gasteiger partial charge in [-0.2, -0.15) is 0 Å². The van der Waals surface area contributed by atoms with Crippen LogP contribution in [0.4, 0.5) is 5.69 Å². The molecule has 0 aliphatic carbocycles. The van der Waals surface area contributed by atoms with Crippen molar-refractivity contribution < 1.29 is 22.7 Å². The first kappa shape index (κ1) is 21.5. The number of nitrogens with one attached hydrogen (secondary N) is 1. The van der Waals surface area contributed by atoms with Crippen LogP contribution in [0.25, 0.3) is 0 Å². The van der Waals surface area contributed by atoms with Crippen molar-refractivity contribution in [3.8, 4) is 0 Å². The van der Waals surface area contributed by atoms with Crippen LogP contribution >= 0.6 is 15.9 Å². The van der Waals surface area contributed by atoms with Crippen molar-refractivity contribution >= 4 is 43.3 Å². The van der Waals surface area contributed by atoms with Crippen molar-refractivity contribution in [1.82, 2.24) is 4.90 Å². The third-order valence-electron chi connectivity index (χ3n) is 4.36. The van der Waals surface area contributed by atoms with Crippen molar-refractivity contribution in [1.29, 1.82) is 0 Å². The average Bonchev–Trinajstić information content (AvgIpc) is 2.67. The number of carbonyl (C=O) groups is 2. The van der Waals surface area contributed by atoms with Gasteiger partial charge in [-0.25, -0.2) is 8.42 Å². The first-order chi connectivity index (χ1) is 13.8. The summed E-state index contributed by atoms with van der Waals surface area (Å²) in [6, 6.07) is 13.5. The van der Waals surface area contributed by atoms with Crippen LogP contribution in [-0.2, 0) is 25.1 Å². The third-order valence-corrected chi connectivity index (χ3v) is 6.32. The van der Waals surface area contributed by atoms with Gasteiger partial charge in [-0.3, -0.25) is 9.59 Å². The van der Waals surface area contributed by atoms with Gasteiger partial charge in [0.2, 0.25) is 5.91 Å². The molecule has 0 bridgehead atoms. The Bertz CT molecular complexity index is 1000. The van der Waals surface area contributed by atoms with E-state index < -0.39 is 21.5 Å². The van der Waals surface area contributed by atoms with Gasteiger partial charge in [0.15, 0.2) is 9.84 Å². The summed E-state index contributed by atoms with van der Waals surface area (Å²) in [6.07, 6.45) is 0. The number of benzene rings is 2. The minimum atomic E-state index is -3.67. The summed E-state index contributed by atoms with van der Waals surface area (Å²) in [7, 11) is -3.67. The van der Waals surface area contributed by atoms with Crippen molar-refractivity contribution in [2.75, 3.05) is 37.4 Å². The van der Waals surface area contributed by atoms with Crippen molar-refractivity contribution in [3.05, 3.63) is 64.1 Å². The molecule has 1 saturated heterocycles. The van der Waals surface area contributed by atoms with E-state index in [2.05, 4.69) is 21.2 Å². The molecule has 0 radical (unpaired) electrons. The molecule has 2 amide bonds. The number of nitrogens with zero attached hydrogens (tertiary/aromatic N) is 1. The lowest BCUT2D eigenvalue weighted by molar-refractivity contribution is -0.113. The molecule has 1 fully saturated rings. The van der Waals surface area contributed by atoms with Gasteiger partial charge in [0.05, 0.1) is 30.2 Å². The van der Waals surface area contributed by atoms with E-state index in [1.165, 1.54) is 0 Å². The van der Waals surface area contributed by atoms with Gasteiger partial charge < -0.3 is 15.0 Å². The fourth-order valence-corrected chi connectivity index (χ4v) is 4.74. The van der Waals surface area contributed by atoms with Crippen LogP contribution in [0, 0.1) is 0 Å². The lowest BCUT2D eigenvalue weighted by atomic mass is 10.1. The van der Waals surface area contributed by atoms with E-state index in [0.717, 1.165) is 4.47 Å². The van der Waals surface area contributed by atoms with Crippen LogP contribution < -0.4 is 5.32 Å². The number of para-hydroxylation sites is 1. The molecule has 9 heteroatoms. The highest BCUT2D eigenvalue weighted by Crippen LogP contribution is 2.19. The smallest absolute Gasteiger partial charge is 0.256 e. The summed E-state index contributed by atoms with van der Waals surface area (Å²) in [6.45, 7) is 1.88. The Morgan fingerprint density at radius 1 is 1.07 bits per heavy atom. The number of hydrogen-bond acceptors (Lipinski definition) is 5. The van der Waals surface area contributed by atoms with E-state index in [1.54, 1.807) is 53.4 Å². The summed E-state index contributed by atoms with van der Waals surface area (Å²) in [5.74, 6) is -1.81. The van der Waals surface area contributed by atoms with Gasteiger partial charge in [-0.15, -0.1) is 0 Å². The Balaban J connectivity index is 1.68. The van der Waals surface area contributed by atoms with Gasteiger partial charge in [0.25, 0.3) is 5.91 Å². The predicted molar refractivity (Wildman–Crippen MR) is 113 cm³/mol. The minimum Gasteiger partial charge on any atom is -0.378 e. The van der Waals surface area contributed by atoms with Crippen LogP contribution in [0.5, 0.6) is 0 Å². The third kappa shape index (κ3) is 6.12. The molecule has 154 valence electrons. The number of carbonyl (C=O) groups excluding carboxylic acids is 2. The molecule has 1 heterocycles. The summed E-state index contributed by atoms with van der Waals surface area (Å²) in [5.41, 5.74) is 1.22. The molecule has 0 atom stereocenters. The maximum Gasteiger partial charge on any atom is 0.256 e. The number of amides is 2. The molecule has 0 spiro atoms. The topological polar surface area (TPSA) is 92.8 Å². The molecular weight excluding hydrogens is 460 g/mol. The average molecular weight is 481 g/mol. The maximum absolute atomic E-state index is 12.8. The molecule has 2 aromatic carbocycles. The number of morpholine rings is 1. The Morgan fingerprint density at radius 2 is 1.79 bits per heavy atom. The van der Waals surface area contributed by atoms with E-state index in [4.69, 9.17) is 4.74 Å². The largest absolute Gasteiger partial charge is 0.378 e. The Labute approximate surface area is 178 Å². The van der Waals surface area contributed by atoms with Crippen LogP contribution in [-0.4, -0.2) is 57.2 Å². The van der Waals surface area contributed by atoms with Crippen molar-refractivity contribution in [2.45, 2.75) is 5.75 Å². The Hall–Kier alpha value is -2.23. The van der Waals surface area contributed by atoms with Gasteiger partial charge in [-0.05, 0) is 29.8 Å². The molecule has 1 N–H and O–H groups in total. The minimum absolute atomic E-state index is 0.221. The monoisotopic (exact) mass is 480 g/mol. The van der Waals surface area contributed by atoms with Crippen LogP contribution in [0.3, 0.4) is 0 Å². The quantitative estimate of drug-likeness (QED) is 0.685. The molecule has 0 saturated carbocycles. The van der Waals surface area contributed by atoms with Gasteiger partial charge in [0.1, 0.15) is 5.75 Å². The molecule has 3 rings (SSSR count). The summed E-state index contributed by atoms with van der Waals surface area (Å²) in [5, 5.41) is 2.58. The van der Waals surface area contributed by atoms with Gasteiger partial charge in [0, 0.05) is 17.6 Å². The van der Waals surface area contributed by atoms with E-state index in [1.807, 2.05) is 0 Å². The second kappa shape index (κ2) is 9.51. The van der Waals surface area contributed by atoms with Crippen LogP contribution in [0.15, 0.2) is 53.0 Å². The summed E-state index contributed by atoms with van der Waals surface area (Å²) >= 11 is 3.30. The number of sulfone groups is 1. The zero-order valence-electron chi connectivity index (χ0n) is 15.6. The van der Waals surface area contributed by atoms with Crippen molar-refractivity contribution in [3.63, 3.8) is 0 Å². The van der Waals surface area contributed by atoms with Gasteiger partial charge in [-0.1, -0.05) is 40.2 Å². The normalized spacial score (nSPS) is 14.4. The Morgan fingerprint density at radius 3 is 2.52 bits per heavy atom. The fraction of sp³-hybridized carbons (Fsp3) is 0.300. The fourth-order valence-electron chi connectivity index (χ4n) is 3.03. The van der Waals surface area contributed by atoms with Crippen LogP contribution in [0.2, 0.25) is 0 Å². The van der Waals surface area contributed by atoms with E-state index >= 15 is 0 Å². The zero-order chi connectivity index (χ0) is 20.9. The van der Waals surface area contributed by atoms with E-state index in [0.29, 0.717) is 43.1 Å². The first-order valence-electron chi connectivity index (χ1n) is 9.05. The lowest BCUT2D eigenvalue weighted by Crippen LogP contribution is -2.41. The maximum atomic E-state index is 12.8. The summed E-state index contributed by atoms with van der Waals surface area (Å²) in [4.78, 5) is 26.8. The molecule has 29 heavy (non-hydrogen) atoms. The number of hydrogen-bond donors (Lipinski definition) is 1. The highest BCUT2D eigenvalue weighted by atomic mass is 79.9. The number of halogens is 1. The zero-order valence-corrected chi connectivity index (χ0v) is 18.0. The first-order valence-corrected chi connectivity index (χ1v) is 11.7. The molecule has 2 aromatic rings. The molecule has 1 aliphatic rings. The molecule has 7 nitrogen and oxygen atoms in total. The number of rotatable bonds is 6. The molecular formula is C20H21BrN2O5S. The molecule has 0 aromatic heterocycles. The SMILES string of the molecule is O=C(CS(=O)(=O)Cc1cccc(Br)c1)Nc1ccccc1C(=O)N1CCOCC1. The summed E-state index contributed by atoms with van der Waals surface area (Å²) < 4.78 is 30.9. The molecule has 0 unspecified atom stereocenters. The van der Waals surface area contributed by atoms with Gasteiger partial charge >= 0.3 is 0 Å². The lowest BCUT2D eigenvalue weighted by Gasteiger charge is -2.27. The van der Waals surface area contributed by atoms with E-state index in [-0.39, 0.29) is 11.7 Å². The number of anilines is 1. The number of ether oxygens (including phenoxy) is 1. The molecule has 1 aliphatic heterocycles.